The van der Waals surface area contributed by atoms with Gasteiger partial charge in [-0.25, -0.2) is 0 Å². The third-order valence-electron chi connectivity index (χ3n) is 6.15. The number of esters is 5. The molecule has 5 atom stereocenters. The molecule has 0 bridgehead atoms. The molecule has 0 spiro atoms. The Balaban J connectivity index is 3.72. The molecule has 1 saturated heterocycles. The molecule has 0 aliphatic carbocycles. The second-order valence-electron chi connectivity index (χ2n) is 14.5. The first-order valence-electron chi connectivity index (χ1n) is 13.9. The average Bonchev–Trinajstić information content (AvgIpc) is 2.81. The lowest BCUT2D eigenvalue weighted by molar-refractivity contribution is -0.261. The predicted octanol–water partition coefficient (Wildman–Crippen LogP) is 4.17. The molecule has 0 amide bonds. The zero-order valence-electron chi connectivity index (χ0n) is 27.0. The van der Waals surface area contributed by atoms with Crippen LogP contribution in [-0.4, -0.2) is 74.1 Å². The van der Waals surface area contributed by atoms with E-state index in [-0.39, 0.29) is 19.4 Å². The molecule has 11 nitrogen and oxygen atoms in total. The lowest BCUT2D eigenvalue weighted by Crippen LogP contribution is -2.63. The first kappa shape index (κ1) is 36.3. The predicted molar refractivity (Wildman–Crippen MR) is 148 cm³/mol. The first-order valence-corrected chi connectivity index (χ1v) is 13.9. The van der Waals surface area contributed by atoms with Gasteiger partial charge in [0.15, 0.2) is 18.3 Å². The Morgan fingerprint density at radius 2 is 0.927 bits per heavy atom. The number of hydrogen-bond donors (Lipinski definition) is 0. The summed E-state index contributed by atoms with van der Waals surface area (Å²) in [5.41, 5.74) is -3.70. The van der Waals surface area contributed by atoms with Crippen molar-refractivity contribution >= 4 is 29.8 Å². The van der Waals surface area contributed by atoms with Crippen molar-refractivity contribution in [3.05, 3.63) is 0 Å². The molecular formula is C30H50O11. The minimum atomic E-state index is -1.34. The van der Waals surface area contributed by atoms with Gasteiger partial charge in [-0.3, -0.25) is 24.0 Å². The zero-order valence-corrected chi connectivity index (χ0v) is 27.0. The molecule has 1 rings (SSSR count). The number of hydrogen-bond acceptors (Lipinski definition) is 11. The lowest BCUT2D eigenvalue weighted by Gasteiger charge is -2.46. The molecule has 1 heterocycles. The van der Waals surface area contributed by atoms with Crippen molar-refractivity contribution in [3.63, 3.8) is 0 Å². The molecule has 41 heavy (non-hydrogen) atoms. The fourth-order valence-corrected chi connectivity index (χ4v) is 3.41. The molecule has 1 aliphatic rings. The van der Waals surface area contributed by atoms with Crippen molar-refractivity contribution in [1.29, 1.82) is 0 Å². The maximum Gasteiger partial charge on any atom is 0.311 e. The summed E-state index contributed by atoms with van der Waals surface area (Å²) in [6, 6.07) is 0. The van der Waals surface area contributed by atoms with Gasteiger partial charge in [-0.1, -0.05) is 0 Å². The van der Waals surface area contributed by atoms with Gasteiger partial charge < -0.3 is 28.4 Å². The van der Waals surface area contributed by atoms with E-state index in [2.05, 4.69) is 0 Å². The maximum atomic E-state index is 13.2. The van der Waals surface area contributed by atoms with Gasteiger partial charge in [0.25, 0.3) is 0 Å². The highest BCUT2D eigenvalue weighted by molar-refractivity contribution is 5.78. The molecule has 0 saturated carbocycles. The third kappa shape index (κ3) is 10.9. The van der Waals surface area contributed by atoms with Gasteiger partial charge >= 0.3 is 29.8 Å². The fourth-order valence-electron chi connectivity index (χ4n) is 3.41. The molecule has 1 fully saturated rings. The monoisotopic (exact) mass is 586 g/mol. The van der Waals surface area contributed by atoms with Gasteiger partial charge in [0.2, 0.25) is 0 Å². The molecule has 0 aromatic carbocycles. The highest BCUT2D eigenvalue weighted by Crippen LogP contribution is 2.35. The molecule has 0 aromatic rings. The summed E-state index contributed by atoms with van der Waals surface area (Å²) in [5, 5.41) is 0. The van der Waals surface area contributed by atoms with Crippen LogP contribution in [0.3, 0.4) is 0 Å². The number of carbonyl (C=O) groups excluding carboxylic acids is 5. The van der Waals surface area contributed by atoms with Crippen LogP contribution in [0.1, 0.15) is 95.9 Å². The van der Waals surface area contributed by atoms with Crippen LogP contribution in [0.25, 0.3) is 0 Å². The van der Waals surface area contributed by atoms with Crippen LogP contribution in [0.2, 0.25) is 0 Å². The first-order chi connectivity index (χ1) is 18.4. The molecule has 1 aliphatic heterocycles. The molecule has 236 valence electrons. The molecule has 0 aromatic heterocycles. The van der Waals surface area contributed by atoms with Crippen LogP contribution in [0, 0.1) is 21.7 Å². The highest BCUT2D eigenvalue weighted by Gasteiger charge is 2.54. The summed E-state index contributed by atoms with van der Waals surface area (Å²) in [6.07, 6.45) is -6.11. The topological polar surface area (TPSA) is 141 Å². The standard InChI is InChI=1S/C30H50O11/c1-27(2,3)23(32)37-16-18-21(40-25(34)29(7,8)9)22(41-26(35)30(10,11)12)20(39-24(33)28(4,5)6)17(38-18)14-15-19(31)36-13/h17-18,20-22H,14-16H2,1-13H3/t17-,18-,20+,21-,22-/m1/s1. The summed E-state index contributed by atoms with van der Waals surface area (Å²) >= 11 is 0. The fraction of sp³-hybridized carbons (Fsp3) is 0.833. The van der Waals surface area contributed by atoms with Gasteiger partial charge in [0, 0.05) is 6.42 Å². The molecular weight excluding hydrogens is 536 g/mol. The van der Waals surface area contributed by atoms with Crippen LogP contribution in [0.4, 0.5) is 0 Å². The smallest absolute Gasteiger partial charge is 0.311 e. The highest BCUT2D eigenvalue weighted by atomic mass is 16.7. The van der Waals surface area contributed by atoms with Crippen molar-refractivity contribution in [2.24, 2.45) is 21.7 Å². The summed E-state index contributed by atoms with van der Waals surface area (Å²) < 4.78 is 34.3. The number of carbonyl (C=O) groups is 5. The number of methoxy groups -OCH3 is 1. The van der Waals surface area contributed by atoms with Crippen LogP contribution in [0.5, 0.6) is 0 Å². The molecule has 0 N–H and O–H groups in total. The Hall–Kier alpha value is -2.69. The van der Waals surface area contributed by atoms with Crippen molar-refractivity contribution in [2.75, 3.05) is 13.7 Å². The van der Waals surface area contributed by atoms with E-state index in [1.54, 1.807) is 83.1 Å². The van der Waals surface area contributed by atoms with Crippen molar-refractivity contribution in [2.45, 2.75) is 126 Å². The maximum absolute atomic E-state index is 13.2. The average molecular weight is 587 g/mol. The quantitative estimate of drug-likeness (QED) is 0.299. The third-order valence-corrected chi connectivity index (χ3v) is 6.15. The van der Waals surface area contributed by atoms with Crippen molar-refractivity contribution in [1.82, 2.24) is 0 Å². The SMILES string of the molecule is COC(=O)CC[C@H]1O[C@H](COC(=O)C(C)(C)C)[C@@H](OC(=O)C(C)(C)C)[C@H](OC(=O)C(C)(C)C)[C@H]1OC(=O)C(C)(C)C. The largest absolute Gasteiger partial charge is 0.469 e. The van der Waals surface area contributed by atoms with E-state index in [1.165, 1.54) is 7.11 Å². The molecule has 11 heteroatoms. The van der Waals surface area contributed by atoms with Crippen LogP contribution >= 0.6 is 0 Å². The van der Waals surface area contributed by atoms with E-state index in [0.29, 0.717) is 0 Å². The van der Waals surface area contributed by atoms with Gasteiger partial charge in [0.05, 0.1) is 34.9 Å². The Morgan fingerprint density at radius 1 is 0.561 bits per heavy atom. The minimum Gasteiger partial charge on any atom is -0.469 e. The number of ether oxygens (including phenoxy) is 6. The van der Waals surface area contributed by atoms with Gasteiger partial charge in [-0.05, 0) is 89.5 Å². The van der Waals surface area contributed by atoms with E-state index in [4.69, 9.17) is 28.4 Å². The Morgan fingerprint density at radius 3 is 1.29 bits per heavy atom. The Kier molecular flexibility index (Phi) is 12.0. The van der Waals surface area contributed by atoms with E-state index in [0.717, 1.165) is 0 Å². The minimum absolute atomic E-state index is 0.0159. The van der Waals surface area contributed by atoms with Crippen LogP contribution < -0.4 is 0 Å². The van der Waals surface area contributed by atoms with Gasteiger partial charge in [-0.2, -0.15) is 0 Å². The van der Waals surface area contributed by atoms with E-state index in [9.17, 15) is 24.0 Å². The zero-order chi connectivity index (χ0) is 32.1. The lowest BCUT2D eigenvalue weighted by atomic mass is 9.89. The van der Waals surface area contributed by atoms with E-state index < -0.39 is 82.0 Å². The summed E-state index contributed by atoms with van der Waals surface area (Å²) in [7, 11) is 1.24. The van der Waals surface area contributed by atoms with Crippen molar-refractivity contribution < 1.29 is 52.4 Å². The second-order valence-corrected chi connectivity index (χ2v) is 14.5. The van der Waals surface area contributed by atoms with Gasteiger partial charge in [-0.15, -0.1) is 0 Å². The van der Waals surface area contributed by atoms with Crippen molar-refractivity contribution in [3.8, 4) is 0 Å². The summed E-state index contributed by atoms with van der Waals surface area (Å²) in [6.45, 7) is 19.6. The summed E-state index contributed by atoms with van der Waals surface area (Å²) in [4.78, 5) is 64.1. The number of rotatable bonds is 8. The molecule has 0 radical (unpaired) electrons. The summed E-state index contributed by atoms with van der Waals surface area (Å²) in [5.74, 6) is -2.96. The van der Waals surface area contributed by atoms with Crippen LogP contribution in [0.15, 0.2) is 0 Å². The van der Waals surface area contributed by atoms with Gasteiger partial charge in [0.1, 0.15) is 12.7 Å². The Bertz CT molecular complexity index is 957. The van der Waals surface area contributed by atoms with Crippen LogP contribution in [-0.2, 0) is 52.4 Å². The Labute approximate surface area is 244 Å². The van der Waals surface area contributed by atoms with E-state index in [1.807, 2.05) is 0 Å². The van der Waals surface area contributed by atoms with E-state index >= 15 is 0 Å². The molecule has 0 unspecified atom stereocenters. The normalized spacial score (nSPS) is 23.7. The second kappa shape index (κ2) is 13.5.